The molecule has 38 valence electrons. The molecule has 0 atom stereocenters. The fourth-order valence-electron chi connectivity index (χ4n) is 0. The number of amidine groups is 1. The summed E-state index contributed by atoms with van der Waals surface area (Å²) in [4.78, 5) is 0. The smallest absolute Gasteiger partial charge is 0.116 e. The van der Waals surface area contributed by atoms with E-state index < -0.39 is 0 Å². The van der Waals surface area contributed by atoms with E-state index >= 15 is 0 Å². The SMILES string of the molecule is C/C(N)=N/N.I. The molecule has 4 N–H and O–H groups in total. The summed E-state index contributed by atoms with van der Waals surface area (Å²) in [5, 5.41) is 3.08. The fraction of sp³-hybridized carbons (Fsp3) is 0.500. The summed E-state index contributed by atoms with van der Waals surface area (Å²) in [5.41, 5.74) is 4.92. The van der Waals surface area contributed by atoms with E-state index in [1.807, 2.05) is 0 Å². The molecule has 0 bridgehead atoms. The van der Waals surface area contributed by atoms with Crippen molar-refractivity contribution >= 4 is 29.8 Å². The average Bonchev–Trinajstić information content (AvgIpc) is 1.38. The van der Waals surface area contributed by atoms with Crippen molar-refractivity contribution in [3.8, 4) is 0 Å². The van der Waals surface area contributed by atoms with Crippen molar-refractivity contribution in [2.75, 3.05) is 0 Å². The molecule has 0 aromatic carbocycles. The van der Waals surface area contributed by atoms with Crippen LogP contribution in [-0.2, 0) is 0 Å². The average molecular weight is 201 g/mol. The summed E-state index contributed by atoms with van der Waals surface area (Å²) in [6.07, 6.45) is 0. The molecule has 6 heavy (non-hydrogen) atoms. The van der Waals surface area contributed by atoms with Crippen molar-refractivity contribution in [2.24, 2.45) is 16.7 Å². The second-order valence-electron chi connectivity index (χ2n) is 0.770. The Morgan fingerprint density at radius 1 is 1.67 bits per heavy atom. The van der Waals surface area contributed by atoms with Crippen LogP contribution in [0.15, 0.2) is 5.10 Å². The Morgan fingerprint density at radius 3 is 1.83 bits per heavy atom. The molecular weight excluding hydrogens is 193 g/mol. The minimum Gasteiger partial charge on any atom is -0.386 e. The highest BCUT2D eigenvalue weighted by Gasteiger charge is 1.62. The van der Waals surface area contributed by atoms with Crippen LogP contribution >= 0.6 is 24.0 Å². The van der Waals surface area contributed by atoms with Gasteiger partial charge in [-0.2, -0.15) is 5.10 Å². The number of nitrogens with two attached hydrogens (primary N) is 2. The lowest BCUT2D eigenvalue weighted by molar-refractivity contribution is 1.22. The molecule has 4 heteroatoms. The minimum atomic E-state index is 0. The monoisotopic (exact) mass is 201 g/mol. The Balaban J connectivity index is 0. The zero-order valence-electron chi connectivity index (χ0n) is 3.51. The van der Waals surface area contributed by atoms with Gasteiger partial charge in [-0.15, -0.1) is 24.0 Å². The van der Waals surface area contributed by atoms with Crippen molar-refractivity contribution in [3.63, 3.8) is 0 Å². The molecule has 0 spiro atoms. The lowest BCUT2D eigenvalue weighted by Crippen LogP contribution is -2.07. The van der Waals surface area contributed by atoms with E-state index in [4.69, 9.17) is 5.73 Å². The van der Waals surface area contributed by atoms with Crippen LogP contribution in [0.25, 0.3) is 0 Å². The van der Waals surface area contributed by atoms with E-state index in [0.717, 1.165) is 0 Å². The molecule has 0 unspecified atom stereocenters. The van der Waals surface area contributed by atoms with Crippen LogP contribution in [0.5, 0.6) is 0 Å². The molecule has 0 aromatic rings. The predicted molar refractivity (Wildman–Crippen MR) is 36.9 cm³/mol. The maximum atomic E-state index is 4.92. The fourth-order valence-corrected chi connectivity index (χ4v) is 0. The van der Waals surface area contributed by atoms with Gasteiger partial charge in [0.1, 0.15) is 5.84 Å². The first-order chi connectivity index (χ1) is 2.27. The van der Waals surface area contributed by atoms with Gasteiger partial charge in [-0.05, 0) is 6.92 Å². The number of rotatable bonds is 0. The zero-order valence-corrected chi connectivity index (χ0v) is 5.84. The highest BCUT2D eigenvalue weighted by Crippen LogP contribution is 1.46. The molecule has 0 amide bonds. The third-order valence-corrected chi connectivity index (χ3v) is 0.204. The molecule has 0 aliphatic rings. The zero-order chi connectivity index (χ0) is 4.28. The van der Waals surface area contributed by atoms with Crippen LogP contribution < -0.4 is 11.6 Å². The van der Waals surface area contributed by atoms with Gasteiger partial charge in [0.15, 0.2) is 0 Å². The highest BCUT2D eigenvalue weighted by molar-refractivity contribution is 14.0. The van der Waals surface area contributed by atoms with Gasteiger partial charge < -0.3 is 11.6 Å². The van der Waals surface area contributed by atoms with E-state index in [-0.39, 0.29) is 24.0 Å². The molecule has 0 aromatic heterocycles. The maximum absolute atomic E-state index is 4.92. The largest absolute Gasteiger partial charge is 0.386 e. The van der Waals surface area contributed by atoms with E-state index in [9.17, 15) is 0 Å². The van der Waals surface area contributed by atoms with Gasteiger partial charge in [0.2, 0.25) is 0 Å². The molecule has 0 heterocycles. The minimum absolute atomic E-state index is 0. The van der Waals surface area contributed by atoms with Crippen LogP contribution in [-0.4, -0.2) is 5.84 Å². The third kappa shape index (κ3) is 9.00. The first kappa shape index (κ1) is 9.38. The second kappa shape index (κ2) is 5.00. The summed E-state index contributed by atoms with van der Waals surface area (Å²) >= 11 is 0. The molecule has 0 saturated carbocycles. The normalized spacial score (nSPS) is 9.83. The lowest BCUT2D eigenvalue weighted by Gasteiger charge is -1.75. The van der Waals surface area contributed by atoms with Gasteiger partial charge in [-0.25, -0.2) is 0 Å². The van der Waals surface area contributed by atoms with Crippen LogP contribution in [0.2, 0.25) is 0 Å². The Bertz CT molecular complexity index is 46.8. The molecule has 3 nitrogen and oxygen atoms in total. The van der Waals surface area contributed by atoms with Crippen molar-refractivity contribution in [3.05, 3.63) is 0 Å². The summed E-state index contributed by atoms with van der Waals surface area (Å²) in [6, 6.07) is 0. The third-order valence-electron chi connectivity index (χ3n) is 0.204. The van der Waals surface area contributed by atoms with Crippen LogP contribution in [0.1, 0.15) is 6.92 Å². The molecule has 0 aliphatic heterocycles. The lowest BCUT2D eigenvalue weighted by atomic mass is 10.7. The van der Waals surface area contributed by atoms with E-state index in [1.165, 1.54) is 0 Å². The van der Waals surface area contributed by atoms with Gasteiger partial charge in [0.25, 0.3) is 0 Å². The van der Waals surface area contributed by atoms with Gasteiger partial charge in [-0.3, -0.25) is 0 Å². The molecule has 0 aliphatic carbocycles. The molecule has 0 radical (unpaired) electrons. The first-order valence-corrected chi connectivity index (χ1v) is 1.27. The van der Waals surface area contributed by atoms with Gasteiger partial charge in [-0.1, -0.05) is 0 Å². The van der Waals surface area contributed by atoms with Crippen LogP contribution in [0.3, 0.4) is 0 Å². The Labute approximate surface area is 53.8 Å². The summed E-state index contributed by atoms with van der Waals surface area (Å²) in [6.45, 7) is 1.62. The van der Waals surface area contributed by atoms with Crippen LogP contribution in [0, 0.1) is 0 Å². The van der Waals surface area contributed by atoms with E-state index in [2.05, 4.69) is 10.9 Å². The number of hydrogen-bond donors (Lipinski definition) is 2. The van der Waals surface area contributed by atoms with Crippen molar-refractivity contribution in [2.45, 2.75) is 6.92 Å². The Morgan fingerprint density at radius 2 is 1.83 bits per heavy atom. The quantitative estimate of drug-likeness (QED) is 0.188. The van der Waals surface area contributed by atoms with Crippen molar-refractivity contribution < 1.29 is 0 Å². The van der Waals surface area contributed by atoms with Crippen molar-refractivity contribution in [1.29, 1.82) is 0 Å². The maximum Gasteiger partial charge on any atom is 0.116 e. The van der Waals surface area contributed by atoms with Crippen molar-refractivity contribution in [1.82, 2.24) is 0 Å². The van der Waals surface area contributed by atoms with E-state index in [0.29, 0.717) is 5.84 Å². The number of hydrazone groups is 1. The van der Waals surface area contributed by atoms with E-state index in [1.54, 1.807) is 6.92 Å². The Kier molecular flexibility index (Phi) is 7.81. The second-order valence-corrected chi connectivity index (χ2v) is 0.770. The molecule has 0 fully saturated rings. The number of nitrogens with zero attached hydrogens (tertiary/aromatic N) is 1. The predicted octanol–water partition coefficient (Wildman–Crippen LogP) is -0.145. The summed E-state index contributed by atoms with van der Waals surface area (Å²) < 4.78 is 0. The Hall–Kier alpha value is 0. The number of halogens is 1. The summed E-state index contributed by atoms with van der Waals surface area (Å²) in [5.74, 6) is 5.04. The highest BCUT2D eigenvalue weighted by atomic mass is 127. The van der Waals surface area contributed by atoms with Gasteiger partial charge in [0, 0.05) is 0 Å². The van der Waals surface area contributed by atoms with Gasteiger partial charge >= 0.3 is 0 Å². The summed E-state index contributed by atoms with van der Waals surface area (Å²) in [7, 11) is 0. The molecule has 0 saturated heterocycles. The molecular formula is C2H8IN3. The van der Waals surface area contributed by atoms with Crippen LogP contribution in [0.4, 0.5) is 0 Å². The number of hydrogen-bond acceptors (Lipinski definition) is 2. The topological polar surface area (TPSA) is 64.4 Å². The van der Waals surface area contributed by atoms with Gasteiger partial charge in [0.05, 0.1) is 0 Å². The standard InChI is InChI=1S/C2H7N3.HI/c1-2(3)5-4;/h4H2,1H3,(H2,3,5);1H. The molecule has 0 rings (SSSR count). The first-order valence-electron chi connectivity index (χ1n) is 1.27.